The van der Waals surface area contributed by atoms with Crippen LogP contribution in [0.4, 0.5) is 5.69 Å². The van der Waals surface area contributed by atoms with Crippen molar-refractivity contribution in [3.05, 3.63) is 63.6 Å². The van der Waals surface area contributed by atoms with Crippen LogP contribution in [0.15, 0.2) is 53.0 Å². The summed E-state index contributed by atoms with van der Waals surface area (Å²) in [6.07, 6.45) is 6.80. The second kappa shape index (κ2) is 8.52. The van der Waals surface area contributed by atoms with Gasteiger partial charge in [-0.3, -0.25) is 0 Å². The van der Waals surface area contributed by atoms with Gasteiger partial charge >= 0.3 is 0 Å². The first-order chi connectivity index (χ1) is 12.1. The molecule has 2 aromatic rings. The minimum Gasteiger partial charge on any atom is -0.357 e. The summed E-state index contributed by atoms with van der Waals surface area (Å²) >= 11 is 15.3. The summed E-state index contributed by atoms with van der Waals surface area (Å²) in [5, 5.41) is 8.47. The number of anilines is 1. The molecule has 2 aromatic carbocycles. The van der Waals surface area contributed by atoms with Crippen LogP contribution < -0.4 is 10.6 Å². The van der Waals surface area contributed by atoms with Gasteiger partial charge in [-0.05, 0) is 73.8 Å². The third kappa shape index (κ3) is 5.19. The first-order valence-electron chi connectivity index (χ1n) is 8.65. The molecule has 0 spiro atoms. The fourth-order valence-corrected chi connectivity index (χ4v) is 4.33. The predicted molar refractivity (Wildman–Crippen MR) is 114 cm³/mol. The van der Waals surface area contributed by atoms with Crippen molar-refractivity contribution in [1.29, 1.82) is 0 Å². The number of nitrogens with one attached hydrogen (secondary N) is 2. The van der Waals surface area contributed by atoms with Crippen LogP contribution in [0.25, 0.3) is 0 Å². The van der Waals surface area contributed by atoms with E-state index in [4.69, 9.17) is 23.8 Å². The minimum atomic E-state index is 0.0681. The summed E-state index contributed by atoms with van der Waals surface area (Å²) in [6.45, 7) is 0. The van der Waals surface area contributed by atoms with Crippen LogP contribution in [0.5, 0.6) is 0 Å². The average molecular weight is 438 g/mol. The number of benzene rings is 2. The van der Waals surface area contributed by atoms with Gasteiger partial charge in [0.2, 0.25) is 0 Å². The number of hydrogen-bond acceptors (Lipinski definition) is 1. The molecule has 132 valence electrons. The van der Waals surface area contributed by atoms with Crippen molar-refractivity contribution in [2.75, 3.05) is 5.32 Å². The Morgan fingerprint density at radius 3 is 2.44 bits per heavy atom. The lowest BCUT2D eigenvalue weighted by molar-refractivity contribution is 0.362. The maximum Gasteiger partial charge on any atom is 0.171 e. The number of aryl methyl sites for hydroxylation is 1. The zero-order valence-electron chi connectivity index (χ0n) is 14.0. The molecule has 0 amide bonds. The molecule has 25 heavy (non-hydrogen) atoms. The minimum absolute atomic E-state index is 0.0681. The van der Waals surface area contributed by atoms with Gasteiger partial charge in [-0.25, -0.2) is 0 Å². The molecule has 3 rings (SSSR count). The summed E-state index contributed by atoms with van der Waals surface area (Å²) in [5.41, 5.74) is 2.28. The first-order valence-corrected chi connectivity index (χ1v) is 10.2. The molecule has 1 aliphatic carbocycles. The number of halogens is 2. The lowest BCUT2D eigenvalue weighted by Crippen LogP contribution is -2.48. The maximum atomic E-state index is 6.32. The highest BCUT2D eigenvalue weighted by Gasteiger charge is 2.34. The summed E-state index contributed by atoms with van der Waals surface area (Å²) in [6, 6.07) is 16.2. The summed E-state index contributed by atoms with van der Waals surface area (Å²) < 4.78 is 1.06. The van der Waals surface area contributed by atoms with Crippen LogP contribution in [0.2, 0.25) is 5.02 Å². The van der Waals surface area contributed by atoms with E-state index in [1.54, 1.807) is 0 Å². The standard InChI is InChI=1S/C20H22BrClN2S/c21-16-7-9-17(10-8-16)23-19(25)24-20(12-3-4-13-20)14-11-15-5-1-2-6-18(15)22/h1-2,5-10H,3-4,11-14H2,(H2,23,24,25). The van der Waals surface area contributed by atoms with Crippen LogP contribution in [0.1, 0.15) is 37.7 Å². The normalized spacial score (nSPS) is 15.8. The van der Waals surface area contributed by atoms with Crippen molar-refractivity contribution in [2.45, 2.75) is 44.1 Å². The molecule has 0 aromatic heterocycles. The van der Waals surface area contributed by atoms with E-state index in [2.05, 4.69) is 38.7 Å². The molecule has 1 saturated carbocycles. The van der Waals surface area contributed by atoms with Crippen molar-refractivity contribution in [2.24, 2.45) is 0 Å². The monoisotopic (exact) mass is 436 g/mol. The van der Waals surface area contributed by atoms with Crippen LogP contribution >= 0.6 is 39.7 Å². The van der Waals surface area contributed by atoms with Gasteiger partial charge in [0.05, 0.1) is 0 Å². The summed E-state index contributed by atoms with van der Waals surface area (Å²) in [7, 11) is 0. The maximum absolute atomic E-state index is 6.32. The van der Waals surface area contributed by atoms with Crippen LogP contribution in [-0.4, -0.2) is 10.7 Å². The van der Waals surface area contributed by atoms with Gasteiger partial charge in [0.25, 0.3) is 0 Å². The molecule has 0 heterocycles. The summed E-state index contributed by atoms with van der Waals surface area (Å²) in [5.74, 6) is 0. The molecule has 5 heteroatoms. The largest absolute Gasteiger partial charge is 0.357 e. The second-order valence-electron chi connectivity index (χ2n) is 6.66. The quantitative estimate of drug-likeness (QED) is 0.534. The molecule has 0 radical (unpaired) electrons. The molecular weight excluding hydrogens is 416 g/mol. The molecule has 2 nitrogen and oxygen atoms in total. The Balaban J connectivity index is 1.62. The number of hydrogen-bond donors (Lipinski definition) is 2. The third-order valence-electron chi connectivity index (χ3n) is 4.87. The highest BCUT2D eigenvalue weighted by Crippen LogP contribution is 2.34. The SMILES string of the molecule is S=C(Nc1ccc(Br)cc1)NC1(CCc2ccccc2Cl)CCCC1. The van der Waals surface area contributed by atoms with E-state index in [1.165, 1.54) is 18.4 Å². The Labute approximate surface area is 168 Å². The van der Waals surface area contributed by atoms with Gasteiger partial charge < -0.3 is 10.6 Å². The van der Waals surface area contributed by atoms with Crippen molar-refractivity contribution in [3.8, 4) is 0 Å². The molecule has 0 saturated heterocycles. The molecule has 2 N–H and O–H groups in total. The van der Waals surface area contributed by atoms with E-state index in [0.29, 0.717) is 5.11 Å². The molecule has 0 atom stereocenters. The topological polar surface area (TPSA) is 24.1 Å². The summed E-state index contributed by atoms with van der Waals surface area (Å²) in [4.78, 5) is 0. The van der Waals surface area contributed by atoms with Gasteiger partial charge in [0.1, 0.15) is 0 Å². The van der Waals surface area contributed by atoms with Crippen LogP contribution in [-0.2, 0) is 6.42 Å². The Morgan fingerprint density at radius 2 is 1.76 bits per heavy atom. The average Bonchev–Trinajstić information content (AvgIpc) is 3.05. The van der Waals surface area contributed by atoms with Crippen molar-refractivity contribution < 1.29 is 0 Å². The molecular formula is C20H22BrClN2S. The van der Waals surface area contributed by atoms with Gasteiger partial charge in [-0.15, -0.1) is 0 Å². The predicted octanol–water partition coefficient (Wildman–Crippen LogP) is 6.33. The lowest BCUT2D eigenvalue weighted by atomic mass is 9.89. The van der Waals surface area contributed by atoms with E-state index >= 15 is 0 Å². The smallest absolute Gasteiger partial charge is 0.171 e. The highest BCUT2D eigenvalue weighted by atomic mass is 79.9. The molecule has 1 fully saturated rings. The van der Waals surface area contributed by atoms with E-state index in [-0.39, 0.29) is 5.54 Å². The van der Waals surface area contributed by atoms with E-state index in [0.717, 1.165) is 40.9 Å². The van der Waals surface area contributed by atoms with E-state index in [9.17, 15) is 0 Å². The molecule has 0 bridgehead atoms. The Kier molecular flexibility index (Phi) is 6.37. The van der Waals surface area contributed by atoms with Gasteiger partial charge in [0.15, 0.2) is 5.11 Å². The zero-order chi connectivity index (χ0) is 17.7. The number of rotatable bonds is 5. The van der Waals surface area contributed by atoms with Crippen molar-refractivity contribution in [3.63, 3.8) is 0 Å². The fraction of sp³-hybridized carbons (Fsp3) is 0.350. The van der Waals surface area contributed by atoms with Crippen molar-refractivity contribution >= 4 is 50.5 Å². The number of thiocarbonyl (C=S) groups is 1. The Morgan fingerprint density at radius 1 is 1.08 bits per heavy atom. The molecule has 0 unspecified atom stereocenters. The first kappa shape index (κ1) is 18.7. The second-order valence-corrected chi connectivity index (χ2v) is 8.40. The highest BCUT2D eigenvalue weighted by molar-refractivity contribution is 9.10. The fourth-order valence-electron chi connectivity index (χ4n) is 3.50. The Hall–Kier alpha value is -1.10. The zero-order valence-corrected chi connectivity index (χ0v) is 17.2. The van der Waals surface area contributed by atoms with E-state index in [1.807, 2.05) is 36.4 Å². The lowest BCUT2D eigenvalue weighted by Gasteiger charge is -2.32. The van der Waals surface area contributed by atoms with Gasteiger partial charge in [-0.2, -0.15) is 0 Å². The molecule has 1 aliphatic rings. The van der Waals surface area contributed by atoms with E-state index < -0.39 is 0 Å². The van der Waals surface area contributed by atoms with Crippen molar-refractivity contribution in [1.82, 2.24) is 5.32 Å². The third-order valence-corrected chi connectivity index (χ3v) is 5.97. The molecule has 0 aliphatic heterocycles. The van der Waals surface area contributed by atoms with Crippen LogP contribution in [0.3, 0.4) is 0 Å². The van der Waals surface area contributed by atoms with Gasteiger partial charge in [0, 0.05) is 20.7 Å². The van der Waals surface area contributed by atoms with Crippen LogP contribution in [0, 0.1) is 0 Å². The Bertz CT molecular complexity index is 727. The van der Waals surface area contributed by atoms with Gasteiger partial charge in [-0.1, -0.05) is 58.6 Å².